The molecule has 2 aromatic heterocycles. The van der Waals surface area contributed by atoms with Gasteiger partial charge in [-0.1, -0.05) is 0 Å². The minimum absolute atomic E-state index is 0.0519. The zero-order valence-electron chi connectivity index (χ0n) is 13.6. The second-order valence-corrected chi connectivity index (χ2v) is 6.48. The summed E-state index contributed by atoms with van der Waals surface area (Å²) in [5.41, 5.74) is 0.492. The van der Waals surface area contributed by atoms with Crippen molar-refractivity contribution in [3.63, 3.8) is 0 Å². The number of likely N-dealkylation sites (tertiary alicyclic amines) is 1. The third-order valence-electron chi connectivity index (χ3n) is 3.95. The van der Waals surface area contributed by atoms with Crippen molar-refractivity contribution in [2.24, 2.45) is 7.05 Å². The van der Waals surface area contributed by atoms with Gasteiger partial charge in [-0.15, -0.1) is 5.10 Å². The molecule has 24 heavy (non-hydrogen) atoms. The van der Waals surface area contributed by atoms with E-state index in [-0.39, 0.29) is 12.0 Å². The first-order valence-corrected chi connectivity index (χ1v) is 8.52. The summed E-state index contributed by atoms with van der Waals surface area (Å²) < 4.78 is 13.5. The summed E-state index contributed by atoms with van der Waals surface area (Å²) in [6, 6.07) is 3.75. The second-order valence-electron chi connectivity index (χ2n) is 5.63. The lowest BCUT2D eigenvalue weighted by Gasteiger charge is -2.31. The Labute approximate surface area is 148 Å². The predicted octanol–water partition coefficient (Wildman–Crippen LogP) is 2.27. The van der Waals surface area contributed by atoms with E-state index in [0.29, 0.717) is 30.4 Å². The Bertz CT molecular complexity index is 726. The van der Waals surface area contributed by atoms with Crippen molar-refractivity contribution < 1.29 is 14.3 Å². The van der Waals surface area contributed by atoms with Gasteiger partial charge in [-0.3, -0.25) is 9.48 Å². The summed E-state index contributed by atoms with van der Waals surface area (Å²) in [4.78, 5) is 18.7. The second kappa shape index (κ2) is 7.21. The van der Waals surface area contributed by atoms with Gasteiger partial charge in [0.05, 0.1) is 11.6 Å². The Balaban J connectivity index is 1.60. The highest BCUT2D eigenvalue weighted by Crippen LogP contribution is 2.26. The molecule has 0 unspecified atom stereocenters. The first-order valence-electron chi connectivity index (χ1n) is 7.72. The average Bonchev–Trinajstić information content (AvgIpc) is 2.98. The van der Waals surface area contributed by atoms with Gasteiger partial charge in [0.25, 0.3) is 5.91 Å². The van der Waals surface area contributed by atoms with E-state index < -0.39 is 0 Å². The third kappa shape index (κ3) is 3.53. The molecule has 0 atom stereocenters. The quantitative estimate of drug-likeness (QED) is 0.795. The number of rotatable bonds is 4. The molecule has 1 saturated heterocycles. The normalized spacial score (nSPS) is 15.4. The highest BCUT2D eigenvalue weighted by Gasteiger charge is 2.28. The number of hydrogen-bond donors (Lipinski definition) is 0. The zero-order valence-corrected chi connectivity index (χ0v) is 15.2. The van der Waals surface area contributed by atoms with E-state index in [1.54, 1.807) is 24.1 Å². The largest absolute Gasteiger partial charge is 0.479 e. The summed E-state index contributed by atoms with van der Waals surface area (Å²) in [5, 5.41) is 4.13. The Morgan fingerprint density at radius 3 is 2.75 bits per heavy atom. The lowest BCUT2D eigenvalue weighted by molar-refractivity contribution is 0.0583. The fourth-order valence-electron chi connectivity index (χ4n) is 2.73. The van der Waals surface area contributed by atoms with Gasteiger partial charge < -0.3 is 14.4 Å². The van der Waals surface area contributed by atoms with Crippen LogP contribution in [0.25, 0.3) is 0 Å². The highest BCUT2D eigenvalue weighted by molar-refractivity contribution is 9.10. The first-order chi connectivity index (χ1) is 11.6. The van der Waals surface area contributed by atoms with Crippen molar-refractivity contribution in [1.29, 1.82) is 0 Å². The molecule has 0 saturated carbocycles. The molecule has 3 heterocycles. The van der Waals surface area contributed by atoms with Crippen molar-refractivity contribution >= 4 is 21.8 Å². The van der Waals surface area contributed by atoms with Gasteiger partial charge in [0.15, 0.2) is 0 Å². The lowest BCUT2D eigenvalue weighted by Crippen LogP contribution is -2.41. The molecule has 7 nitrogen and oxygen atoms in total. The molecule has 3 rings (SSSR count). The molecule has 0 aromatic carbocycles. The molecular formula is C16H19BrN4O3. The predicted molar refractivity (Wildman–Crippen MR) is 91.3 cm³/mol. The summed E-state index contributed by atoms with van der Waals surface area (Å²) in [5.74, 6) is 0.895. The van der Waals surface area contributed by atoms with E-state index in [1.807, 2.05) is 17.0 Å². The number of amides is 1. The minimum Gasteiger partial charge on any atom is -0.479 e. The zero-order chi connectivity index (χ0) is 17.1. The summed E-state index contributed by atoms with van der Waals surface area (Å²) in [6.07, 6.45) is 4.97. The minimum atomic E-state index is -0.0579. The van der Waals surface area contributed by atoms with Crippen molar-refractivity contribution in [2.75, 3.05) is 20.2 Å². The maximum absolute atomic E-state index is 12.6. The van der Waals surface area contributed by atoms with E-state index >= 15 is 0 Å². The molecule has 1 fully saturated rings. The summed E-state index contributed by atoms with van der Waals surface area (Å²) in [6.45, 7) is 1.26. The van der Waals surface area contributed by atoms with E-state index in [1.165, 1.54) is 7.11 Å². The molecule has 8 heteroatoms. The number of pyridine rings is 1. The monoisotopic (exact) mass is 394 g/mol. The lowest BCUT2D eigenvalue weighted by atomic mass is 10.1. The summed E-state index contributed by atoms with van der Waals surface area (Å²) >= 11 is 3.43. The SMILES string of the molecule is COc1nn(C)cc1C(=O)N1CCC(Oc2ncccc2Br)CC1. The fraction of sp³-hybridized carbons (Fsp3) is 0.438. The Kier molecular flexibility index (Phi) is 5.03. The van der Waals surface area contributed by atoms with Crippen LogP contribution in [0.15, 0.2) is 29.0 Å². The molecule has 0 aliphatic carbocycles. The number of carbonyl (C=O) groups is 1. The van der Waals surface area contributed by atoms with Gasteiger partial charge in [-0.25, -0.2) is 4.98 Å². The van der Waals surface area contributed by atoms with Gasteiger partial charge in [0.1, 0.15) is 11.7 Å². The van der Waals surface area contributed by atoms with Gasteiger partial charge >= 0.3 is 0 Å². The van der Waals surface area contributed by atoms with Crippen LogP contribution >= 0.6 is 15.9 Å². The maximum Gasteiger partial charge on any atom is 0.260 e. The number of methoxy groups -OCH3 is 1. The number of aryl methyl sites for hydroxylation is 1. The summed E-state index contributed by atoms with van der Waals surface area (Å²) in [7, 11) is 3.29. The van der Waals surface area contributed by atoms with E-state index in [4.69, 9.17) is 9.47 Å². The van der Waals surface area contributed by atoms with Crippen LogP contribution in [0.4, 0.5) is 0 Å². The molecule has 0 radical (unpaired) electrons. The molecule has 128 valence electrons. The fourth-order valence-corrected chi connectivity index (χ4v) is 3.08. The van der Waals surface area contributed by atoms with Crippen LogP contribution in [0, 0.1) is 0 Å². The van der Waals surface area contributed by atoms with Crippen LogP contribution in [0.5, 0.6) is 11.8 Å². The van der Waals surface area contributed by atoms with Crippen molar-refractivity contribution in [1.82, 2.24) is 19.7 Å². The van der Waals surface area contributed by atoms with Gasteiger partial charge in [-0.2, -0.15) is 0 Å². The number of piperidine rings is 1. The number of halogens is 1. The molecule has 1 aliphatic rings. The number of hydrogen-bond acceptors (Lipinski definition) is 5. The van der Waals surface area contributed by atoms with Crippen LogP contribution in [-0.4, -0.2) is 51.9 Å². The van der Waals surface area contributed by atoms with E-state index in [2.05, 4.69) is 26.0 Å². The molecule has 0 bridgehead atoms. The Hall–Kier alpha value is -2.09. The van der Waals surface area contributed by atoms with Crippen molar-refractivity contribution in [3.8, 4) is 11.8 Å². The maximum atomic E-state index is 12.6. The van der Waals surface area contributed by atoms with Crippen LogP contribution in [0.2, 0.25) is 0 Å². The number of nitrogens with zero attached hydrogens (tertiary/aromatic N) is 4. The molecule has 1 amide bonds. The number of aromatic nitrogens is 3. The average molecular weight is 395 g/mol. The van der Waals surface area contributed by atoms with Crippen LogP contribution < -0.4 is 9.47 Å². The van der Waals surface area contributed by atoms with E-state index in [0.717, 1.165) is 17.3 Å². The van der Waals surface area contributed by atoms with Crippen LogP contribution in [-0.2, 0) is 7.05 Å². The van der Waals surface area contributed by atoms with Gasteiger partial charge in [0, 0.05) is 45.4 Å². The highest BCUT2D eigenvalue weighted by atomic mass is 79.9. The number of ether oxygens (including phenoxy) is 2. The van der Waals surface area contributed by atoms with Crippen molar-refractivity contribution in [2.45, 2.75) is 18.9 Å². The number of carbonyl (C=O) groups excluding carboxylic acids is 1. The Morgan fingerprint density at radius 1 is 1.33 bits per heavy atom. The smallest absolute Gasteiger partial charge is 0.260 e. The van der Waals surface area contributed by atoms with Gasteiger partial charge in [-0.05, 0) is 28.1 Å². The molecule has 1 aliphatic heterocycles. The standard InChI is InChI=1S/C16H19BrN4O3/c1-20-10-12(14(19-20)23-2)16(22)21-8-5-11(6-9-21)24-15-13(17)4-3-7-18-15/h3-4,7,10-11H,5-6,8-9H2,1-2H3. The van der Waals surface area contributed by atoms with Crippen LogP contribution in [0.1, 0.15) is 23.2 Å². The van der Waals surface area contributed by atoms with Gasteiger partial charge in [0.2, 0.25) is 11.8 Å². The molecule has 2 aromatic rings. The topological polar surface area (TPSA) is 69.5 Å². The molecular weight excluding hydrogens is 376 g/mol. The van der Waals surface area contributed by atoms with E-state index in [9.17, 15) is 4.79 Å². The molecule has 0 spiro atoms. The Morgan fingerprint density at radius 2 is 2.08 bits per heavy atom. The van der Waals surface area contributed by atoms with Crippen LogP contribution in [0.3, 0.4) is 0 Å². The van der Waals surface area contributed by atoms with Crippen molar-refractivity contribution in [3.05, 3.63) is 34.6 Å². The third-order valence-corrected chi connectivity index (χ3v) is 4.55. The molecule has 0 N–H and O–H groups in total. The first kappa shape index (κ1) is 16.8.